The van der Waals surface area contributed by atoms with E-state index in [1.165, 1.54) is 17.0 Å². The molecule has 1 unspecified atom stereocenters. The number of likely N-dealkylation sites (N-methyl/N-ethyl adjacent to an activating group) is 2. The summed E-state index contributed by atoms with van der Waals surface area (Å²) in [5, 5.41) is 0.0758. The highest BCUT2D eigenvalue weighted by atomic mass is 19.1. The minimum Gasteiger partial charge on any atom is -0.303 e. The minimum absolute atomic E-state index is 0.0758. The largest absolute Gasteiger partial charge is 0.303 e. The van der Waals surface area contributed by atoms with Crippen LogP contribution in [0.2, 0.25) is 0 Å². The molecule has 1 atom stereocenters. The molecule has 1 aliphatic heterocycles. The average Bonchev–Trinajstić information content (AvgIpc) is 2.46. The van der Waals surface area contributed by atoms with E-state index >= 15 is 0 Å². The van der Waals surface area contributed by atoms with Gasteiger partial charge in [0, 0.05) is 32.2 Å². The first-order valence-corrected chi connectivity index (χ1v) is 7.08. The van der Waals surface area contributed by atoms with E-state index in [1.807, 2.05) is 0 Å². The molecule has 0 saturated carbocycles. The number of piperazine rings is 1. The summed E-state index contributed by atoms with van der Waals surface area (Å²) >= 11 is 0. The zero-order valence-electron chi connectivity index (χ0n) is 12.3. The third kappa shape index (κ3) is 2.69. The van der Waals surface area contributed by atoms with Crippen LogP contribution in [0.3, 0.4) is 0 Å². The summed E-state index contributed by atoms with van der Waals surface area (Å²) in [4.78, 5) is 21.1. The van der Waals surface area contributed by atoms with Crippen molar-refractivity contribution in [3.8, 4) is 0 Å². The summed E-state index contributed by atoms with van der Waals surface area (Å²) < 4.78 is 15.4. The first-order valence-electron chi connectivity index (χ1n) is 7.08. The first-order chi connectivity index (χ1) is 10.1. The molecule has 1 aliphatic rings. The normalized spacial score (nSPS) is 21.0. The van der Waals surface area contributed by atoms with Crippen molar-refractivity contribution in [3.63, 3.8) is 0 Å². The van der Waals surface area contributed by atoms with E-state index in [0.29, 0.717) is 12.1 Å². The van der Waals surface area contributed by atoms with Crippen LogP contribution in [0.1, 0.15) is 0 Å². The van der Waals surface area contributed by atoms with Crippen LogP contribution in [0.15, 0.2) is 29.3 Å². The molecule has 2 aromatic rings. The number of hydrogen-bond donors (Lipinski definition) is 0. The maximum atomic E-state index is 13.9. The van der Waals surface area contributed by atoms with Gasteiger partial charge in [-0.15, -0.1) is 0 Å². The standard InChI is InChI=1S/C15H19FN4O/c1-18-6-7-19(2)11(8-18)9-20-10-17-13-5-3-4-12(16)14(13)15(20)21/h3-5,10-11H,6-9H2,1-2H3. The Hall–Kier alpha value is -1.79. The van der Waals surface area contributed by atoms with Crippen LogP contribution in [0, 0.1) is 5.82 Å². The lowest BCUT2D eigenvalue weighted by Gasteiger charge is -2.37. The van der Waals surface area contributed by atoms with Crippen molar-refractivity contribution in [2.75, 3.05) is 33.7 Å². The topological polar surface area (TPSA) is 41.4 Å². The molecule has 1 fully saturated rings. The Labute approximate surface area is 122 Å². The molecule has 5 nitrogen and oxygen atoms in total. The van der Waals surface area contributed by atoms with Gasteiger partial charge in [0.1, 0.15) is 11.2 Å². The van der Waals surface area contributed by atoms with E-state index in [9.17, 15) is 9.18 Å². The van der Waals surface area contributed by atoms with E-state index in [-0.39, 0.29) is 17.0 Å². The van der Waals surface area contributed by atoms with Crippen LogP contribution in [0.4, 0.5) is 4.39 Å². The van der Waals surface area contributed by atoms with Crippen molar-refractivity contribution >= 4 is 10.9 Å². The number of fused-ring (bicyclic) bond motifs is 1. The van der Waals surface area contributed by atoms with E-state index in [0.717, 1.165) is 19.6 Å². The summed E-state index contributed by atoms with van der Waals surface area (Å²) in [6, 6.07) is 4.76. The van der Waals surface area contributed by atoms with E-state index in [2.05, 4.69) is 28.9 Å². The molecule has 3 rings (SSSR count). The Morgan fingerprint density at radius 3 is 2.95 bits per heavy atom. The van der Waals surface area contributed by atoms with Crippen molar-refractivity contribution in [2.45, 2.75) is 12.6 Å². The lowest BCUT2D eigenvalue weighted by atomic mass is 10.2. The second-order valence-electron chi connectivity index (χ2n) is 5.73. The Bertz CT molecular complexity index is 714. The molecular weight excluding hydrogens is 271 g/mol. The van der Waals surface area contributed by atoms with Crippen molar-refractivity contribution in [1.82, 2.24) is 19.4 Å². The molecule has 1 aromatic carbocycles. The predicted octanol–water partition coefficient (Wildman–Crippen LogP) is 0.781. The molecule has 1 saturated heterocycles. The van der Waals surface area contributed by atoms with Gasteiger partial charge in [-0.2, -0.15) is 0 Å². The summed E-state index contributed by atoms with van der Waals surface area (Å²) in [5.41, 5.74) is 0.102. The van der Waals surface area contributed by atoms with Crippen molar-refractivity contribution in [2.24, 2.45) is 0 Å². The van der Waals surface area contributed by atoms with Crippen LogP contribution in [-0.2, 0) is 6.54 Å². The molecule has 0 amide bonds. The number of hydrogen-bond acceptors (Lipinski definition) is 4. The Morgan fingerprint density at radius 2 is 2.14 bits per heavy atom. The lowest BCUT2D eigenvalue weighted by molar-refractivity contribution is 0.102. The van der Waals surface area contributed by atoms with Crippen LogP contribution in [0.25, 0.3) is 10.9 Å². The van der Waals surface area contributed by atoms with E-state index < -0.39 is 5.82 Å². The van der Waals surface area contributed by atoms with Gasteiger partial charge < -0.3 is 4.90 Å². The van der Waals surface area contributed by atoms with Crippen LogP contribution >= 0.6 is 0 Å². The van der Waals surface area contributed by atoms with Gasteiger partial charge in [-0.3, -0.25) is 14.3 Å². The fraction of sp³-hybridized carbons (Fsp3) is 0.467. The van der Waals surface area contributed by atoms with Gasteiger partial charge in [0.15, 0.2) is 0 Å². The fourth-order valence-corrected chi connectivity index (χ4v) is 2.82. The summed E-state index contributed by atoms with van der Waals surface area (Å²) in [6.07, 6.45) is 1.52. The smallest absolute Gasteiger partial charge is 0.264 e. The van der Waals surface area contributed by atoms with Crippen molar-refractivity contribution < 1.29 is 4.39 Å². The highest BCUT2D eigenvalue weighted by Crippen LogP contribution is 2.12. The molecule has 0 radical (unpaired) electrons. The molecule has 2 heterocycles. The summed E-state index contributed by atoms with van der Waals surface area (Å²) in [5.74, 6) is -0.506. The zero-order valence-corrected chi connectivity index (χ0v) is 12.3. The molecular formula is C15H19FN4O. The van der Waals surface area contributed by atoms with Gasteiger partial charge in [-0.05, 0) is 26.2 Å². The molecule has 1 aromatic heterocycles. The molecule has 112 valence electrons. The first kappa shape index (κ1) is 14.2. The van der Waals surface area contributed by atoms with Crippen LogP contribution in [0.5, 0.6) is 0 Å². The monoisotopic (exact) mass is 290 g/mol. The van der Waals surface area contributed by atoms with Crippen LogP contribution < -0.4 is 5.56 Å². The molecule has 0 bridgehead atoms. The summed E-state index contributed by atoms with van der Waals surface area (Å²) in [6.45, 7) is 3.40. The third-order valence-corrected chi connectivity index (χ3v) is 4.19. The second kappa shape index (κ2) is 5.54. The van der Waals surface area contributed by atoms with Crippen molar-refractivity contribution in [1.29, 1.82) is 0 Å². The second-order valence-corrected chi connectivity index (χ2v) is 5.73. The number of rotatable bonds is 2. The third-order valence-electron chi connectivity index (χ3n) is 4.19. The zero-order chi connectivity index (χ0) is 15.0. The van der Waals surface area contributed by atoms with Crippen molar-refractivity contribution in [3.05, 3.63) is 40.7 Å². The highest BCUT2D eigenvalue weighted by Gasteiger charge is 2.23. The average molecular weight is 290 g/mol. The maximum Gasteiger partial charge on any atom is 0.264 e. The van der Waals surface area contributed by atoms with Gasteiger partial charge >= 0.3 is 0 Å². The Morgan fingerprint density at radius 1 is 1.33 bits per heavy atom. The number of benzene rings is 1. The fourth-order valence-electron chi connectivity index (χ4n) is 2.82. The maximum absolute atomic E-state index is 13.9. The van der Waals surface area contributed by atoms with Gasteiger partial charge in [-0.25, -0.2) is 9.37 Å². The minimum atomic E-state index is -0.506. The van der Waals surface area contributed by atoms with Gasteiger partial charge in [-0.1, -0.05) is 6.07 Å². The molecule has 21 heavy (non-hydrogen) atoms. The van der Waals surface area contributed by atoms with Crippen LogP contribution in [-0.4, -0.2) is 59.1 Å². The lowest BCUT2D eigenvalue weighted by Crippen LogP contribution is -2.52. The molecule has 6 heteroatoms. The van der Waals surface area contributed by atoms with E-state index in [4.69, 9.17) is 0 Å². The van der Waals surface area contributed by atoms with Gasteiger partial charge in [0.2, 0.25) is 0 Å². The molecule has 0 aliphatic carbocycles. The van der Waals surface area contributed by atoms with Gasteiger partial charge in [0.05, 0.1) is 11.8 Å². The Kier molecular flexibility index (Phi) is 3.73. The summed E-state index contributed by atoms with van der Waals surface area (Å²) in [7, 11) is 4.12. The number of nitrogens with zero attached hydrogens (tertiary/aromatic N) is 4. The predicted molar refractivity (Wildman–Crippen MR) is 79.9 cm³/mol. The quantitative estimate of drug-likeness (QED) is 0.820. The highest BCUT2D eigenvalue weighted by molar-refractivity contribution is 5.77. The number of aromatic nitrogens is 2. The molecule has 0 spiro atoms. The number of halogens is 1. The SMILES string of the molecule is CN1CCN(C)C(Cn2cnc3cccc(F)c3c2=O)C1. The van der Waals surface area contributed by atoms with Gasteiger partial charge in [0.25, 0.3) is 5.56 Å². The molecule has 0 N–H and O–H groups in total. The Balaban J connectivity index is 1.96. The van der Waals surface area contributed by atoms with E-state index in [1.54, 1.807) is 12.1 Å².